The van der Waals surface area contributed by atoms with Gasteiger partial charge in [-0.15, -0.1) is 0 Å². The first kappa shape index (κ1) is 25.2. The number of carbonyl (C=O) groups excluding carboxylic acids is 2. The molecule has 1 aromatic carbocycles. The summed E-state index contributed by atoms with van der Waals surface area (Å²) in [6.45, 7) is 10.5. The van der Waals surface area contributed by atoms with Crippen molar-refractivity contribution in [2.75, 3.05) is 13.2 Å². The standard InChI is InChI=1S/C28H40O6/c1-6-31-24(29)27(25(30)32-7-2)17-21(16-20-11-9-8-10-12-20)28(18-27)33-23-15-19(3)13-14-22(23)26(4,5)34-28/h8-12,19,21-23H,6-7,13-18H2,1-5H3/t19-,21?,22-,23-,28-/m1/s1. The lowest BCUT2D eigenvalue weighted by molar-refractivity contribution is -0.383. The quantitative estimate of drug-likeness (QED) is 0.425. The van der Waals surface area contributed by atoms with Gasteiger partial charge in [-0.25, -0.2) is 0 Å². The summed E-state index contributed by atoms with van der Waals surface area (Å²) in [5.41, 5.74) is -0.744. The molecule has 0 amide bonds. The minimum Gasteiger partial charge on any atom is -0.465 e. The van der Waals surface area contributed by atoms with Crippen LogP contribution in [0.3, 0.4) is 0 Å². The van der Waals surface area contributed by atoms with Crippen LogP contribution in [-0.4, -0.2) is 42.6 Å². The Morgan fingerprint density at radius 2 is 1.68 bits per heavy atom. The number of ether oxygens (including phenoxy) is 4. The zero-order valence-corrected chi connectivity index (χ0v) is 21.3. The molecule has 3 fully saturated rings. The zero-order valence-electron chi connectivity index (χ0n) is 21.3. The number of rotatable bonds is 6. The minimum absolute atomic E-state index is 0.0333. The third kappa shape index (κ3) is 4.51. The lowest BCUT2D eigenvalue weighted by Gasteiger charge is -2.56. The summed E-state index contributed by atoms with van der Waals surface area (Å²) < 4.78 is 24.7. The molecule has 34 heavy (non-hydrogen) atoms. The SMILES string of the molecule is CCOC(=O)C1(C(=O)OCC)CC(Cc2ccccc2)[C@]2(C1)O[C@@H]1C[C@H](C)CC[C@H]1C(C)(C)O2. The number of hydrogen-bond donors (Lipinski definition) is 0. The Hall–Kier alpha value is -1.92. The Bertz CT molecular complexity index is 862. The van der Waals surface area contributed by atoms with E-state index in [0.717, 1.165) is 24.8 Å². The van der Waals surface area contributed by atoms with Crippen LogP contribution in [0.15, 0.2) is 30.3 Å². The molecule has 2 saturated carbocycles. The third-order valence-electron chi connectivity index (χ3n) is 8.16. The van der Waals surface area contributed by atoms with Crippen LogP contribution in [0.1, 0.15) is 72.3 Å². The van der Waals surface area contributed by atoms with Crippen molar-refractivity contribution in [2.45, 2.75) is 90.6 Å². The first-order chi connectivity index (χ1) is 16.2. The Morgan fingerprint density at radius 3 is 2.29 bits per heavy atom. The maximum absolute atomic E-state index is 13.4. The van der Waals surface area contributed by atoms with E-state index in [9.17, 15) is 9.59 Å². The largest absolute Gasteiger partial charge is 0.465 e. The van der Waals surface area contributed by atoms with Gasteiger partial charge in [0.25, 0.3) is 0 Å². The van der Waals surface area contributed by atoms with E-state index in [-0.39, 0.29) is 44.0 Å². The van der Waals surface area contributed by atoms with E-state index in [1.165, 1.54) is 0 Å². The summed E-state index contributed by atoms with van der Waals surface area (Å²) in [4.78, 5) is 26.7. The molecule has 1 unspecified atom stereocenters. The summed E-state index contributed by atoms with van der Waals surface area (Å²) in [5, 5.41) is 0. The molecule has 1 saturated heterocycles. The molecule has 6 nitrogen and oxygen atoms in total. The van der Waals surface area contributed by atoms with Crippen molar-refractivity contribution in [3.63, 3.8) is 0 Å². The predicted molar refractivity (Wildman–Crippen MR) is 128 cm³/mol. The highest BCUT2D eigenvalue weighted by Crippen LogP contribution is 2.59. The summed E-state index contributed by atoms with van der Waals surface area (Å²) in [5.74, 6) is -1.47. The molecular formula is C28H40O6. The van der Waals surface area contributed by atoms with E-state index in [0.29, 0.717) is 12.3 Å². The highest BCUT2D eigenvalue weighted by Gasteiger charge is 2.68. The van der Waals surface area contributed by atoms with Crippen molar-refractivity contribution >= 4 is 11.9 Å². The summed E-state index contributed by atoms with van der Waals surface area (Å²) in [6, 6.07) is 10.1. The fourth-order valence-corrected chi connectivity index (χ4v) is 6.59. The van der Waals surface area contributed by atoms with Crippen LogP contribution in [0, 0.1) is 23.2 Å². The molecule has 3 aliphatic rings. The number of hydrogen-bond acceptors (Lipinski definition) is 6. The molecule has 188 valence electrons. The van der Waals surface area contributed by atoms with Gasteiger partial charge < -0.3 is 18.9 Å². The lowest BCUT2D eigenvalue weighted by atomic mass is 9.71. The van der Waals surface area contributed by atoms with Crippen LogP contribution < -0.4 is 0 Å². The summed E-state index contributed by atoms with van der Waals surface area (Å²) >= 11 is 0. The number of carbonyl (C=O) groups is 2. The van der Waals surface area contributed by atoms with Crippen molar-refractivity contribution in [3.8, 4) is 0 Å². The van der Waals surface area contributed by atoms with Crippen LogP contribution in [0.5, 0.6) is 0 Å². The van der Waals surface area contributed by atoms with E-state index >= 15 is 0 Å². The summed E-state index contributed by atoms with van der Waals surface area (Å²) in [6.07, 6.45) is 4.25. The molecule has 1 heterocycles. The molecule has 4 rings (SSSR count). The highest BCUT2D eigenvalue weighted by molar-refractivity contribution is 6.00. The third-order valence-corrected chi connectivity index (χ3v) is 8.16. The van der Waals surface area contributed by atoms with Crippen molar-refractivity contribution in [1.82, 2.24) is 0 Å². The highest BCUT2D eigenvalue weighted by atomic mass is 16.7. The van der Waals surface area contributed by atoms with Crippen LogP contribution in [0.4, 0.5) is 0 Å². The Kier molecular flexibility index (Phi) is 7.12. The molecule has 1 aromatic rings. The van der Waals surface area contributed by atoms with Crippen LogP contribution in [-0.2, 0) is 35.0 Å². The average Bonchev–Trinajstić information content (AvgIpc) is 3.08. The first-order valence-corrected chi connectivity index (χ1v) is 12.9. The first-order valence-electron chi connectivity index (χ1n) is 12.9. The molecular weight excluding hydrogens is 432 g/mol. The number of benzene rings is 1. The van der Waals surface area contributed by atoms with Gasteiger partial charge in [-0.1, -0.05) is 43.7 Å². The lowest BCUT2D eigenvalue weighted by Crippen LogP contribution is -2.61. The molecule has 5 atom stereocenters. The van der Waals surface area contributed by atoms with Gasteiger partial charge in [-0.2, -0.15) is 0 Å². The second-order valence-corrected chi connectivity index (χ2v) is 11.0. The van der Waals surface area contributed by atoms with Crippen molar-refractivity contribution in [2.24, 2.45) is 23.2 Å². The Balaban J connectivity index is 1.77. The monoisotopic (exact) mass is 472 g/mol. The van der Waals surface area contributed by atoms with E-state index < -0.39 is 28.7 Å². The molecule has 0 radical (unpaired) electrons. The second-order valence-electron chi connectivity index (χ2n) is 11.0. The Labute approximate surface area is 203 Å². The molecule has 1 aliphatic heterocycles. The molecule has 2 aliphatic carbocycles. The van der Waals surface area contributed by atoms with Gasteiger partial charge in [0.05, 0.1) is 24.9 Å². The van der Waals surface area contributed by atoms with E-state index in [1.54, 1.807) is 13.8 Å². The maximum atomic E-state index is 13.4. The van der Waals surface area contributed by atoms with E-state index in [1.807, 2.05) is 18.2 Å². The topological polar surface area (TPSA) is 71.1 Å². The minimum atomic E-state index is -1.44. The molecule has 1 spiro atoms. The second kappa shape index (κ2) is 9.62. The van der Waals surface area contributed by atoms with Gasteiger partial charge in [-0.05, 0) is 64.9 Å². The van der Waals surface area contributed by atoms with Gasteiger partial charge in [-0.3, -0.25) is 9.59 Å². The predicted octanol–water partition coefficient (Wildman–Crippen LogP) is 5.08. The van der Waals surface area contributed by atoms with E-state index in [2.05, 4.69) is 32.9 Å². The molecule has 6 heteroatoms. The normalized spacial score (nSPS) is 33.8. The van der Waals surface area contributed by atoms with Crippen LogP contribution in [0.25, 0.3) is 0 Å². The van der Waals surface area contributed by atoms with Gasteiger partial charge in [0.1, 0.15) is 0 Å². The van der Waals surface area contributed by atoms with Crippen molar-refractivity contribution in [3.05, 3.63) is 35.9 Å². The van der Waals surface area contributed by atoms with E-state index in [4.69, 9.17) is 18.9 Å². The Morgan fingerprint density at radius 1 is 1.03 bits per heavy atom. The van der Waals surface area contributed by atoms with Gasteiger partial charge in [0.15, 0.2) is 11.2 Å². The van der Waals surface area contributed by atoms with Gasteiger partial charge in [0.2, 0.25) is 0 Å². The van der Waals surface area contributed by atoms with Crippen molar-refractivity contribution < 1.29 is 28.5 Å². The van der Waals surface area contributed by atoms with Gasteiger partial charge in [0, 0.05) is 18.3 Å². The number of esters is 2. The average molecular weight is 473 g/mol. The molecule has 0 bridgehead atoms. The number of fused-ring (bicyclic) bond motifs is 1. The maximum Gasteiger partial charge on any atom is 0.323 e. The molecule has 0 N–H and O–H groups in total. The van der Waals surface area contributed by atoms with Crippen LogP contribution in [0.2, 0.25) is 0 Å². The fraction of sp³-hybridized carbons (Fsp3) is 0.714. The fourth-order valence-electron chi connectivity index (χ4n) is 6.59. The summed E-state index contributed by atoms with van der Waals surface area (Å²) in [7, 11) is 0. The van der Waals surface area contributed by atoms with Crippen LogP contribution >= 0.6 is 0 Å². The molecule has 0 aromatic heterocycles. The van der Waals surface area contributed by atoms with Crippen molar-refractivity contribution in [1.29, 1.82) is 0 Å². The van der Waals surface area contributed by atoms with Gasteiger partial charge >= 0.3 is 11.9 Å². The zero-order chi connectivity index (χ0) is 24.6. The smallest absolute Gasteiger partial charge is 0.323 e.